The topological polar surface area (TPSA) is 80.2 Å². The normalized spacial score (nSPS) is 21.3. The van der Waals surface area contributed by atoms with Gasteiger partial charge in [0.05, 0.1) is 23.4 Å². The zero-order valence-electron chi connectivity index (χ0n) is 11.0. The van der Waals surface area contributed by atoms with Gasteiger partial charge in [0, 0.05) is 18.8 Å². The van der Waals surface area contributed by atoms with Gasteiger partial charge < -0.3 is 4.90 Å². The molecule has 1 unspecified atom stereocenters. The lowest BCUT2D eigenvalue weighted by Gasteiger charge is -2.26. The Bertz CT molecular complexity index is 568. The molecule has 1 aromatic heterocycles. The predicted octanol–water partition coefficient (Wildman–Crippen LogP) is 0.434. The summed E-state index contributed by atoms with van der Waals surface area (Å²) in [6, 6.07) is -0.245. The Morgan fingerprint density at radius 2 is 2.16 bits per heavy atom. The number of carbonyl (C=O) groups is 1. The third-order valence-corrected chi connectivity index (χ3v) is 5.00. The molecule has 0 aromatic carbocycles. The molecule has 1 amide bonds. The highest BCUT2D eigenvalue weighted by Crippen LogP contribution is 2.19. The maximum atomic E-state index is 12.3. The van der Waals surface area contributed by atoms with Crippen molar-refractivity contribution in [1.82, 2.24) is 14.9 Å². The van der Waals surface area contributed by atoms with E-state index >= 15 is 0 Å². The van der Waals surface area contributed by atoms with Crippen LogP contribution in [0.1, 0.15) is 29.5 Å². The van der Waals surface area contributed by atoms with Gasteiger partial charge in [-0.2, -0.15) is 0 Å². The number of rotatable bonds is 3. The Hall–Kier alpha value is -1.50. The van der Waals surface area contributed by atoms with Crippen LogP contribution < -0.4 is 0 Å². The number of aryl methyl sites for hydroxylation is 1. The number of amides is 1. The number of carbonyl (C=O) groups excluding carboxylic acids is 1. The molecular formula is C12H17N3O3S. The quantitative estimate of drug-likeness (QED) is 0.804. The summed E-state index contributed by atoms with van der Waals surface area (Å²) >= 11 is 0. The first kappa shape index (κ1) is 13.9. The molecule has 1 aromatic rings. The summed E-state index contributed by atoms with van der Waals surface area (Å²) in [6.45, 7) is 4.10. The van der Waals surface area contributed by atoms with Gasteiger partial charge in [0.25, 0.3) is 5.91 Å². The van der Waals surface area contributed by atoms with E-state index in [1.807, 2.05) is 6.92 Å². The summed E-state index contributed by atoms with van der Waals surface area (Å²) in [5.41, 5.74) is 1.000. The maximum Gasteiger partial charge on any atom is 0.274 e. The molecule has 2 rings (SSSR count). The number of hydrogen-bond acceptors (Lipinski definition) is 5. The minimum atomic E-state index is -3.00. The van der Waals surface area contributed by atoms with E-state index in [0.29, 0.717) is 13.0 Å². The number of hydrogen-bond donors (Lipinski definition) is 0. The van der Waals surface area contributed by atoms with E-state index in [0.717, 1.165) is 5.69 Å². The van der Waals surface area contributed by atoms with Crippen LogP contribution in [-0.2, 0) is 9.84 Å². The molecule has 0 bridgehead atoms. The largest absolute Gasteiger partial charge is 0.334 e. The Kier molecular flexibility index (Phi) is 3.84. The van der Waals surface area contributed by atoms with Crippen molar-refractivity contribution in [1.29, 1.82) is 0 Å². The Balaban J connectivity index is 2.18. The van der Waals surface area contributed by atoms with E-state index in [9.17, 15) is 13.2 Å². The fourth-order valence-electron chi connectivity index (χ4n) is 2.24. The summed E-state index contributed by atoms with van der Waals surface area (Å²) in [5.74, 6) is -0.0514. The Morgan fingerprint density at radius 3 is 2.63 bits per heavy atom. The van der Waals surface area contributed by atoms with Gasteiger partial charge in [0.2, 0.25) is 0 Å². The molecule has 6 nitrogen and oxygen atoms in total. The molecule has 0 saturated carbocycles. The van der Waals surface area contributed by atoms with Crippen molar-refractivity contribution in [3.63, 3.8) is 0 Å². The van der Waals surface area contributed by atoms with E-state index < -0.39 is 9.84 Å². The lowest BCUT2D eigenvalue weighted by molar-refractivity contribution is 0.0702. The van der Waals surface area contributed by atoms with E-state index in [1.165, 1.54) is 12.4 Å². The van der Waals surface area contributed by atoms with Crippen LogP contribution in [0, 0.1) is 6.92 Å². The van der Waals surface area contributed by atoms with Crippen molar-refractivity contribution in [3.05, 3.63) is 23.8 Å². The van der Waals surface area contributed by atoms with Crippen LogP contribution in [0.4, 0.5) is 0 Å². The summed E-state index contributed by atoms with van der Waals surface area (Å²) in [5, 5.41) is 0. The summed E-state index contributed by atoms with van der Waals surface area (Å²) < 4.78 is 23.0. The molecule has 1 aliphatic heterocycles. The molecule has 1 aliphatic rings. The van der Waals surface area contributed by atoms with Gasteiger partial charge in [-0.15, -0.1) is 0 Å². The van der Waals surface area contributed by atoms with Gasteiger partial charge in [0.15, 0.2) is 9.84 Å². The van der Waals surface area contributed by atoms with E-state index in [2.05, 4.69) is 9.97 Å². The van der Waals surface area contributed by atoms with Crippen molar-refractivity contribution in [3.8, 4) is 0 Å². The number of nitrogens with zero attached hydrogens (tertiary/aromatic N) is 3. The summed E-state index contributed by atoms with van der Waals surface area (Å²) in [6.07, 6.45) is 3.47. The van der Waals surface area contributed by atoms with Crippen LogP contribution in [0.5, 0.6) is 0 Å². The Labute approximate surface area is 112 Å². The molecule has 1 atom stereocenters. The minimum Gasteiger partial charge on any atom is -0.334 e. The monoisotopic (exact) mass is 283 g/mol. The highest BCUT2D eigenvalue weighted by atomic mass is 32.2. The zero-order valence-corrected chi connectivity index (χ0v) is 11.9. The SMILES string of the molecule is CCN(C(=O)c1cnc(C)cn1)C1CCS(=O)(=O)C1. The molecule has 0 spiro atoms. The second-order valence-corrected chi connectivity index (χ2v) is 6.92. The second-order valence-electron chi connectivity index (χ2n) is 4.69. The number of aromatic nitrogens is 2. The molecule has 104 valence electrons. The lowest BCUT2D eigenvalue weighted by Crippen LogP contribution is -2.41. The molecule has 2 heterocycles. The third-order valence-electron chi connectivity index (χ3n) is 3.25. The van der Waals surface area contributed by atoms with Crippen LogP contribution in [0.2, 0.25) is 0 Å². The van der Waals surface area contributed by atoms with E-state index in [4.69, 9.17) is 0 Å². The first-order chi connectivity index (χ1) is 8.93. The predicted molar refractivity (Wildman–Crippen MR) is 70.5 cm³/mol. The average molecular weight is 283 g/mol. The first-order valence-electron chi connectivity index (χ1n) is 6.23. The zero-order chi connectivity index (χ0) is 14.0. The van der Waals surface area contributed by atoms with Crippen molar-refractivity contribution in [2.75, 3.05) is 18.1 Å². The number of sulfone groups is 1. The van der Waals surface area contributed by atoms with Gasteiger partial charge in [-0.3, -0.25) is 9.78 Å². The van der Waals surface area contributed by atoms with Crippen molar-refractivity contribution in [2.24, 2.45) is 0 Å². The smallest absolute Gasteiger partial charge is 0.274 e. The van der Waals surface area contributed by atoms with Gasteiger partial charge in [-0.25, -0.2) is 13.4 Å². The van der Waals surface area contributed by atoms with E-state index in [1.54, 1.807) is 11.8 Å². The average Bonchev–Trinajstić information content (AvgIpc) is 2.71. The van der Waals surface area contributed by atoms with Crippen LogP contribution in [-0.4, -0.2) is 53.3 Å². The summed E-state index contributed by atoms with van der Waals surface area (Å²) in [7, 11) is -3.00. The molecule has 0 radical (unpaired) electrons. The minimum absolute atomic E-state index is 0.0475. The van der Waals surface area contributed by atoms with Crippen LogP contribution >= 0.6 is 0 Å². The highest BCUT2D eigenvalue weighted by molar-refractivity contribution is 7.91. The Morgan fingerprint density at radius 1 is 1.42 bits per heavy atom. The highest BCUT2D eigenvalue weighted by Gasteiger charge is 2.34. The molecule has 19 heavy (non-hydrogen) atoms. The van der Waals surface area contributed by atoms with Crippen LogP contribution in [0.3, 0.4) is 0 Å². The molecular weight excluding hydrogens is 266 g/mol. The molecule has 0 aliphatic carbocycles. The molecule has 1 saturated heterocycles. The van der Waals surface area contributed by atoms with Crippen LogP contribution in [0.15, 0.2) is 12.4 Å². The van der Waals surface area contributed by atoms with Gasteiger partial charge in [0.1, 0.15) is 5.69 Å². The molecule has 0 N–H and O–H groups in total. The van der Waals surface area contributed by atoms with Gasteiger partial charge in [-0.05, 0) is 20.3 Å². The maximum absolute atomic E-state index is 12.3. The lowest BCUT2D eigenvalue weighted by atomic mass is 10.2. The fourth-order valence-corrected chi connectivity index (χ4v) is 3.97. The van der Waals surface area contributed by atoms with Crippen molar-refractivity contribution in [2.45, 2.75) is 26.3 Å². The van der Waals surface area contributed by atoms with Crippen molar-refractivity contribution >= 4 is 15.7 Å². The first-order valence-corrected chi connectivity index (χ1v) is 8.05. The molecule has 7 heteroatoms. The van der Waals surface area contributed by atoms with Crippen LogP contribution in [0.25, 0.3) is 0 Å². The second kappa shape index (κ2) is 5.24. The summed E-state index contributed by atoms with van der Waals surface area (Å²) in [4.78, 5) is 22.0. The van der Waals surface area contributed by atoms with Gasteiger partial charge in [-0.1, -0.05) is 0 Å². The van der Waals surface area contributed by atoms with Crippen molar-refractivity contribution < 1.29 is 13.2 Å². The third kappa shape index (κ3) is 3.09. The fraction of sp³-hybridized carbons (Fsp3) is 0.583. The molecule has 1 fully saturated rings. The van der Waals surface area contributed by atoms with E-state index in [-0.39, 0.29) is 29.1 Å². The van der Waals surface area contributed by atoms with Gasteiger partial charge >= 0.3 is 0 Å². The standard InChI is InChI=1S/C12H17N3O3S/c1-3-15(10-4-5-19(17,18)8-10)12(16)11-7-13-9(2)6-14-11/h6-7,10H,3-5,8H2,1-2H3.